The third kappa shape index (κ3) is 5.08. The molecule has 0 bridgehead atoms. The van der Waals surface area contributed by atoms with Crippen LogP contribution in [-0.2, 0) is 0 Å². The first kappa shape index (κ1) is 14.4. The normalized spacial score (nSPS) is 9.50. The number of halogens is 3. The van der Waals surface area contributed by atoms with Crippen LogP contribution in [0.25, 0.3) is 0 Å². The zero-order valence-corrected chi connectivity index (χ0v) is 10.2. The van der Waals surface area contributed by atoms with Crippen molar-refractivity contribution in [2.75, 3.05) is 0 Å². The van der Waals surface area contributed by atoms with Crippen LogP contribution in [0.1, 0.15) is 0 Å². The Morgan fingerprint density at radius 1 is 0.667 bits per heavy atom. The molecule has 0 saturated heterocycles. The molecule has 0 atom stereocenters. The van der Waals surface area contributed by atoms with Gasteiger partial charge in [0.25, 0.3) is 0 Å². The van der Waals surface area contributed by atoms with Crippen molar-refractivity contribution in [3.8, 4) is 18.0 Å². The maximum atomic E-state index is 10.5. The van der Waals surface area contributed by atoms with Gasteiger partial charge in [0.15, 0.2) is 0 Å². The molecule has 0 saturated carbocycles. The summed E-state index contributed by atoms with van der Waals surface area (Å²) < 4.78 is 12.8. The van der Waals surface area contributed by atoms with Gasteiger partial charge < -0.3 is 14.2 Å². The molecule has 0 amide bonds. The molecule has 0 fully saturated rings. The lowest BCUT2D eigenvalue weighted by Gasteiger charge is -2.03. The second-order valence-electron chi connectivity index (χ2n) is 2.20. The Hall–Kier alpha value is -1.71. The maximum absolute atomic E-state index is 10.5. The highest BCUT2D eigenvalue weighted by Crippen LogP contribution is 2.16. The molecule has 0 radical (unpaired) electrons. The molecule has 9 nitrogen and oxygen atoms in total. The second-order valence-corrected chi connectivity index (χ2v) is 3.13. The van der Waals surface area contributed by atoms with E-state index in [4.69, 9.17) is 34.8 Å². The van der Waals surface area contributed by atoms with Crippen LogP contribution >= 0.6 is 34.8 Å². The van der Waals surface area contributed by atoms with Crippen LogP contribution in [0.4, 0.5) is 14.4 Å². The highest BCUT2D eigenvalue weighted by molar-refractivity contribution is 6.62. The van der Waals surface area contributed by atoms with E-state index in [0.29, 0.717) is 0 Å². The third-order valence-corrected chi connectivity index (χ3v) is 1.32. The van der Waals surface area contributed by atoms with Crippen molar-refractivity contribution in [1.82, 2.24) is 15.0 Å². The molecule has 0 aliphatic carbocycles. The third-order valence-electron chi connectivity index (χ3n) is 1.09. The number of carbonyl (C=O) groups excluding carboxylic acids is 3. The standard InChI is InChI=1S/C6Cl3N3O6/c7-1(13)16-4-10-5(17-2(8)14)12-6(11-4)18-3(9)15. The second kappa shape index (κ2) is 6.28. The summed E-state index contributed by atoms with van der Waals surface area (Å²) in [5.41, 5.74) is -3.85. The lowest BCUT2D eigenvalue weighted by atomic mass is 10.9. The van der Waals surface area contributed by atoms with Crippen LogP contribution in [0, 0.1) is 0 Å². The van der Waals surface area contributed by atoms with Crippen molar-refractivity contribution in [3.05, 3.63) is 0 Å². The Bertz CT molecular complexity index is 426. The molecule has 1 aromatic heterocycles. The Labute approximate surface area is 113 Å². The monoisotopic (exact) mass is 315 g/mol. The highest BCUT2D eigenvalue weighted by atomic mass is 35.5. The number of carbonyl (C=O) groups is 3. The minimum atomic E-state index is -1.28. The first-order valence-corrected chi connectivity index (χ1v) is 4.88. The first-order valence-electron chi connectivity index (χ1n) is 3.75. The molecule has 96 valence electrons. The van der Waals surface area contributed by atoms with Crippen LogP contribution < -0.4 is 14.2 Å². The topological polar surface area (TPSA) is 118 Å². The van der Waals surface area contributed by atoms with Gasteiger partial charge in [-0.2, -0.15) is 0 Å². The summed E-state index contributed by atoms with van der Waals surface area (Å²) in [4.78, 5) is 41.3. The van der Waals surface area contributed by atoms with Crippen molar-refractivity contribution in [1.29, 1.82) is 0 Å². The molecule has 0 spiro atoms. The number of hydrogen-bond acceptors (Lipinski definition) is 9. The van der Waals surface area contributed by atoms with Crippen molar-refractivity contribution >= 4 is 51.1 Å². The van der Waals surface area contributed by atoms with E-state index >= 15 is 0 Å². The predicted molar refractivity (Wildman–Crippen MR) is 55.5 cm³/mol. The van der Waals surface area contributed by atoms with Gasteiger partial charge in [0, 0.05) is 34.8 Å². The van der Waals surface area contributed by atoms with Gasteiger partial charge in [-0.05, 0) is 0 Å². The van der Waals surface area contributed by atoms with Crippen molar-refractivity contribution in [2.45, 2.75) is 0 Å². The van der Waals surface area contributed by atoms with Gasteiger partial charge in [0.05, 0.1) is 0 Å². The molecule has 1 aromatic rings. The summed E-state index contributed by atoms with van der Waals surface area (Å²) in [6, 6.07) is -2.07. The van der Waals surface area contributed by atoms with Gasteiger partial charge in [-0.15, -0.1) is 15.0 Å². The Balaban J connectivity index is 3.06. The quantitative estimate of drug-likeness (QED) is 0.772. The summed E-state index contributed by atoms with van der Waals surface area (Å²) in [6.45, 7) is 0. The fourth-order valence-corrected chi connectivity index (χ4v) is 0.880. The predicted octanol–water partition coefficient (Wildman–Crippen LogP) is 2.08. The van der Waals surface area contributed by atoms with Gasteiger partial charge in [0.1, 0.15) is 0 Å². The smallest absolute Gasteiger partial charge is 0.378 e. The summed E-state index contributed by atoms with van der Waals surface area (Å²) >= 11 is 14.7. The zero-order chi connectivity index (χ0) is 13.7. The van der Waals surface area contributed by atoms with E-state index in [1.165, 1.54) is 0 Å². The van der Waals surface area contributed by atoms with E-state index in [0.717, 1.165) is 0 Å². The number of ether oxygens (including phenoxy) is 3. The number of rotatable bonds is 3. The van der Waals surface area contributed by atoms with E-state index in [-0.39, 0.29) is 0 Å². The molecule has 18 heavy (non-hydrogen) atoms. The van der Waals surface area contributed by atoms with Crippen LogP contribution in [0.2, 0.25) is 0 Å². The van der Waals surface area contributed by atoms with Gasteiger partial charge in [-0.3, -0.25) is 0 Å². The zero-order valence-electron chi connectivity index (χ0n) is 7.93. The fourth-order valence-electron chi connectivity index (χ4n) is 0.673. The summed E-state index contributed by atoms with van der Waals surface area (Å²) in [6.07, 6.45) is 0. The van der Waals surface area contributed by atoms with E-state index in [1.807, 2.05) is 0 Å². The SMILES string of the molecule is O=C(Cl)Oc1nc(OC(=O)Cl)nc(OC(=O)Cl)n1. The van der Waals surface area contributed by atoms with Crippen LogP contribution in [0.3, 0.4) is 0 Å². The van der Waals surface area contributed by atoms with Crippen LogP contribution in [0.5, 0.6) is 18.0 Å². The summed E-state index contributed by atoms with van der Waals surface area (Å²) in [5, 5.41) is 0. The summed E-state index contributed by atoms with van der Waals surface area (Å²) in [7, 11) is 0. The average Bonchev–Trinajstić information content (AvgIpc) is 2.12. The largest absolute Gasteiger partial charge is 0.411 e. The highest BCUT2D eigenvalue weighted by Gasteiger charge is 2.15. The van der Waals surface area contributed by atoms with E-state index in [2.05, 4.69) is 29.2 Å². The molecule has 0 aliphatic heterocycles. The Kier molecular flexibility index (Phi) is 5.01. The van der Waals surface area contributed by atoms with Gasteiger partial charge in [-0.25, -0.2) is 14.4 Å². The van der Waals surface area contributed by atoms with Gasteiger partial charge in [-0.1, -0.05) is 0 Å². The van der Waals surface area contributed by atoms with Crippen molar-refractivity contribution < 1.29 is 28.6 Å². The number of aromatic nitrogens is 3. The van der Waals surface area contributed by atoms with Crippen LogP contribution in [0.15, 0.2) is 0 Å². The van der Waals surface area contributed by atoms with Gasteiger partial charge in [0.2, 0.25) is 0 Å². The van der Waals surface area contributed by atoms with Crippen LogP contribution in [-0.4, -0.2) is 31.2 Å². The average molecular weight is 316 g/mol. The molecule has 1 heterocycles. The van der Waals surface area contributed by atoms with E-state index < -0.39 is 34.3 Å². The molecule has 0 unspecified atom stereocenters. The van der Waals surface area contributed by atoms with Crippen molar-refractivity contribution in [3.63, 3.8) is 0 Å². The first-order chi connectivity index (χ1) is 8.36. The lowest BCUT2D eigenvalue weighted by Crippen LogP contribution is -2.09. The van der Waals surface area contributed by atoms with Gasteiger partial charge >= 0.3 is 34.3 Å². The number of hydrogen-bond donors (Lipinski definition) is 0. The molecule has 0 aliphatic rings. The minimum absolute atomic E-state index is 0.689. The molecular formula is C6Cl3N3O6. The Morgan fingerprint density at radius 3 is 1.06 bits per heavy atom. The molecular weight excluding hydrogens is 316 g/mol. The summed E-state index contributed by atoms with van der Waals surface area (Å²) in [5.74, 6) is 0. The minimum Gasteiger partial charge on any atom is -0.378 e. The van der Waals surface area contributed by atoms with Crippen molar-refractivity contribution in [2.24, 2.45) is 0 Å². The molecule has 12 heteroatoms. The molecule has 0 aromatic carbocycles. The Morgan fingerprint density at radius 2 is 0.889 bits per heavy atom. The maximum Gasteiger partial charge on any atom is 0.411 e. The van der Waals surface area contributed by atoms with E-state index in [9.17, 15) is 14.4 Å². The molecule has 1 rings (SSSR count). The number of nitrogens with zero attached hydrogens (tertiary/aromatic N) is 3. The molecule has 0 N–H and O–H groups in total. The fraction of sp³-hybridized carbons (Fsp3) is 0. The van der Waals surface area contributed by atoms with E-state index in [1.54, 1.807) is 0 Å². The lowest BCUT2D eigenvalue weighted by molar-refractivity contribution is 0.212.